The van der Waals surface area contributed by atoms with Crippen LogP contribution >= 0.6 is 0 Å². The first-order valence-corrected chi connectivity index (χ1v) is 6.34. The number of anilines is 2. The maximum atomic E-state index is 9.03. The second-order valence-electron chi connectivity index (χ2n) is 3.85. The average molecular weight is 271 g/mol. The molecule has 0 saturated carbocycles. The summed E-state index contributed by atoms with van der Waals surface area (Å²) in [5.74, 6) is 0.644. The lowest BCUT2D eigenvalue weighted by Crippen LogP contribution is -2.29. The first-order valence-electron chi connectivity index (χ1n) is 6.34. The molecule has 1 rings (SSSR count). The van der Waals surface area contributed by atoms with Gasteiger partial charge in [0, 0.05) is 6.54 Å². The quantitative estimate of drug-likeness (QED) is 0.491. The maximum absolute atomic E-state index is 9.03. The molecule has 0 unspecified atom stereocenters. The molecule has 1 heterocycles. The van der Waals surface area contributed by atoms with Crippen molar-refractivity contribution in [2.75, 3.05) is 37.0 Å². The SMILES string of the molecule is CCCOc1nc(NCC)nc(NC(CO)CO)n1. The summed E-state index contributed by atoms with van der Waals surface area (Å²) in [5.41, 5.74) is 0. The van der Waals surface area contributed by atoms with E-state index in [0.717, 1.165) is 6.42 Å². The van der Waals surface area contributed by atoms with E-state index in [1.807, 2.05) is 13.8 Å². The summed E-state index contributed by atoms with van der Waals surface area (Å²) in [6.45, 7) is 4.65. The van der Waals surface area contributed by atoms with Crippen LogP contribution in [0.15, 0.2) is 0 Å². The molecule has 0 fully saturated rings. The lowest BCUT2D eigenvalue weighted by atomic mass is 10.3. The first-order chi connectivity index (χ1) is 9.23. The number of aliphatic hydroxyl groups is 2. The van der Waals surface area contributed by atoms with Crippen molar-refractivity contribution in [3.05, 3.63) is 0 Å². The molecule has 108 valence electrons. The second kappa shape index (κ2) is 8.44. The molecular formula is C11H21N5O3. The van der Waals surface area contributed by atoms with Crippen LogP contribution in [0, 0.1) is 0 Å². The second-order valence-corrected chi connectivity index (χ2v) is 3.85. The van der Waals surface area contributed by atoms with E-state index in [-0.39, 0.29) is 25.2 Å². The molecule has 0 radical (unpaired) electrons. The molecule has 0 bridgehead atoms. The van der Waals surface area contributed by atoms with Crippen LogP contribution in [-0.4, -0.2) is 57.6 Å². The van der Waals surface area contributed by atoms with Crippen molar-refractivity contribution < 1.29 is 14.9 Å². The lowest BCUT2D eigenvalue weighted by Gasteiger charge is -2.14. The van der Waals surface area contributed by atoms with Crippen molar-refractivity contribution in [2.45, 2.75) is 26.3 Å². The van der Waals surface area contributed by atoms with Gasteiger partial charge in [-0.05, 0) is 13.3 Å². The summed E-state index contributed by atoms with van der Waals surface area (Å²) in [7, 11) is 0. The molecular weight excluding hydrogens is 250 g/mol. The van der Waals surface area contributed by atoms with E-state index in [1.54, 1.807) is 0 Å². The summed E-state index contributed by atoms with van der Waals surface area (Å²) in [6, 6.07) is -0.305. The zero-order valence-electron chi connectivity index (χ0n) is 11.3. The van der Waals surface area contributed by atoms with E-state index < -0.39 is 6.04 Å². The molecule has 0 aliphatic carbocycles. The van der Waals surface area contributed by atoms with Crippen LogP contribution in [-0.2, 0) is 0 Å². The third-order valence-electron chi connectivity index (χ3n) is 2.16. The van der Waals surface area contributed by atoms with Gasteiger partial charge >= 0.3 is 6.01 Å². The minimum absolute atomic E-state index is 0.213. The Hall–Kier alpha value is -1.67. The molecule has 0 saturated heterocycles. The van der Waals surface area contributed by atoms with Gasteiger partial charge in [-0.1, -0.05) is 6.92 Å². The predicted octanol–water partition coefficient (Wildman–Crippen LogP) is -0.143. The van der Waals surface area contributed by atoms with E-state index in [9.17, 15) is 0 Å². The Balaban J connectivity index is 2.85. The Morgan fingerprint density at radius 3 is 2.37 bits per heavy atom. The van der Waals surface area contributed by atoms with Crippen LogP contribution in [0.4, 0.5) is 11.9 Å². The van der Waals surface area contributed by atoms with Crippen LogP contribution in [0.25, 0.3) is 0 Å². The fourth-order valence-corrected chi connectivity index (χ4v) is 1.25. The normalized spacial score (nSPS) is 10.6. The summed E-state index contributed by atoms with van der Waals surface area (Å²) in [6.07, 6.45) is 0.848. The van der Waals surface area contributed by atoms with Crippen LogP contribution in [0.1, 0.15) is 20.3 Å². The minimum Gasteiger partial charge on any atom is -0.463 e. The van der Waals surface area contributed by atoms with Gasteiger partial charge in [0.1, 0.15) is 0 Å². The molecule has 8 nitrogen and oxygen atoms in total. The van der Waals surface area contributed by atoms with E-state index in [4.69, 9.17) is 14.9 Å². The van der Waals surface area contributed by atoms with Gasteiger partial charge in [0.25, 0.3) is 0 Å². The topological polar surface area (TPSA) is 112 Å². The molecule has 8 heteroatoms. The zero-order valence-corrected chi connectivity index (χ0v) is 11.3. The highest BCUT2D eigenvalue weighted by molar-refractivity contribution is 5.36. The highest BCUT2D eigenvalue weighted by Gasteiger charge is 2.11. The maximum Gasteiger partial charge on any atom is 0.323 e. The molecule has 0 amide bonds. The van der Waals surface area contributed by atoms with Gasteiger partial charge in [-0.2, -0.15) is 15.0 Å². The van der Waals surface area contributed by atoms with Gasteiger partial charge in [0.05, 0.1) is 25.9 Å². The van der Waals surface area contributed by atoms with Gasteiger partial charge in [0.15, 0.2) is 0 Å². The molecule has 0 atom stereocenters. The number of hydrogen-bond donors (Lipinski definition) is 4. The number of nitrogens with zero attached hydrogens (tertiary/aromatic N) is 3. The van der Waals surface area contributed by atoms with Gasteiger partial charge < -0.3 is 25.6 Å². The monoisotopic (exact) mass is 271 g/mol. The van der Waals surface area contributed by atoms with Crippen LogP contribution < -0.4 is 15.4 Å². The highest BCUT2D eigenvalue weighted by atomic mass is 16.5. The third kappa shape index (κ3) is 5.23. The van der Waals surface area contributed by atoms with Crippen molar-refractivity contribution in [3.8, 4) is 6.01 Å². The predicted molar refractivity (Wildman–Crippen MR) is 71.4 cm³/mol. The number of rotatable bonds is 9. The summed E-state index contributed by atoms with van der Waals surface area (Å²) in [4.78, 5) is 12.3. The van der Waals surface area contributed by atoms with Crippen molar-refractivity contribution in [1.29, 1.82) is 0 Å². The number of ether oxygens (including phenoxy) is 1. The first kappa shape index (κ1) is 15.4. The van der Waals surface area contributed by atoms with Crippen LogP contribution in [0.2, 0.25) is 0 Å². The minimum atomic E-state index is -0.518. The van der Waals surface area contributed by atoms with Gasteiger partial charge in [0.2, 0.25) is 11.9 Å². The third-order valence-corrected chi connectivity index (χ3v) is 2.16. The van der Waals surface area contributed by atoms with Crippen LogP contribution in [0.3, 0.4) is 0 Å². The van der Waals surface area contributed by atoms with Crippen molar-refractivity contribution >= 4 is 11.9 Å². The van der Waals surface area contributed by atoms with E-state index >= 15 is 0 Å². The highest BCUT2D eigenvalue weighted by Crippen LogP contribution is 2.12. The Morgan fingerprint density at radius 2 is 1.79 bits per heavy atom. The van der Waals surface area contributed by atoms with Gasteiger partial charge in [-0.25, -0.2) is 0 Å². The molecule has 4 N–H and O–H groups in total. The molecule has 0 aromatic carbocycles. The smallest absolute Gasteiger partial charge is 0.323 e. The van der Waals surface area contributed by atoms with Crippen LogP contribution in [0.5, 0.6) is 6.01 Å². The summed E-state index contributed by atoms with van der Waals surface area (Å²) >= 11 is 0. The van der Waals surface area contributed by atoms with Crippen molar-refractivity contribution in [1.82, 2.24) is 15.0 Å². The summed E-state index contributed by atoms with van der Waals surface area (Å²) in [5, 5.41) is 23.8. The van der Waals surface area contributed by atoms with Crippen molar-refractivity contribution in [3.63, 3.8) is 0 Å². The standard InChI is InChI=1S/C11H21N5O3/c1-3-5-19-11-15-9(12-4-2)14-10(16-11)13-8(6-17)7-18/h8,17-18H,3-7H2,1-2H3,(H2,12,13,14,15,16). The fraction of sp³-hybridized carbons (Fsp3) is 0.727. The Labute approximate surface area is 112 Å². The number of aliphatic hydroxyl groups excluding tert-OH is 2. The Kier molecular flexibility index (Phi) is 6.83. The van der Waals surface area contributed by atoms with Crippen molar-refractivity contribution in [2.24, 2.45) is 0 Å². The lowest BCUT2D eigenvalue weighted by molar-refractivity contribution is 0.203. The zero-order chi connectivity index (χ0) is 14.1. The molecule has 0 aliphatic rings. The number of hydrogen-bond acceptors (Lipinski definition) is 8. The molecule has 0 aliphatic heterocycles. The Bertz CT molecular complexity index is 373. The number of aromatic nitrogens is 3. The van der Waals surface area contributed by atoms with E-state index in [0.29, 0.717) is 19.1 Å². The van der Waals surface area contributed by atoms with E-state index in [1.165, 1.54) is 0 Å². The average Bonchev–Trinajstić information content (AvgIpc) is 2.42. The Morgan fingerprint density at radius 1 is 1.11 bits per heavy atom. The molecule has 19 heavy (non-hydrogen) atoms. The fourth-order valence-electron chi connectivity index (χ4n) is 1.25. The van der Waals surface area contributed by atoms with Gasteiger partial charge in [-0.15, -0.1) is 0 Å². The summed E-state index contributed by atoms with van der Waals surface area (Å²) < 4.78 is 5.36. The molecule has 0 spiro atoms. The molecule has 1 aromatic heterocycles. The largest absolute Gasteiger partial charge is 0.463 e. The molecule has 1 aromatic rings. The number of nitrogens with one attached hydrogen (secondary N) is 2. The van der Waals surface area contributed by atoms with Gasteiger partial charge in [-0.3, -0.25) is 0 Å². The van der Waals surface area contributed by atoms with E-state index in [2.05, 4.69) is 25.6 Å².